The van der Waals surface area contributed by atoms with E-state index in [2.05, 4.69) is 4.99 Å². The Balaban J connectivity index is 2.37. The van der Waals surface area contributed by atoms with Crippen molar-refractivity contribution in [3.05, 3.63) is 35.9 Å². The average Bonchev–Trinajstić information content (AvgIpc) is 2.43. The van der Waals surface area contributed by atoms with E-state index in [1.54, 1.807) is 49.3 Å². The smallest absolute Gasteiger partial charge is 0.269 e. The van der Waals surface area contributed by atoms with Gasteiger partial charge in [0.1, 0.15) is 0 Å². The third-order valence-electron chi connectivity index (χ3n) is 3.06. The molecule has 2 rings (SSSR count). The molecule has 0 radical (unpaired) electrons. The molecule has 1 unspecified atom stereocenters. The summed E-state index contributed by atoms with van der Waals surface area (Å²) in [5, 5.41) is 0. The lowest BCUT2D eigenvalue weighted by atomic mass is 9.94. The van der Waals surface area contributed by atoms with Crippen molar-refractivity contribution in [3.63, 3.8) is 0 Å². The van der Waals surface area contributed by atoms with Crippen LogP contribution in [0.1, 0.15) is 10.4 Å². The maximum Gasteiger partial charge on any atom is 0.269 e. The van der Waals surface area contributed by atoms with E-state index in [1.165, 1.54) is 11.9 Å². The number of benzene rings is 1. The fraction of sp³-hybridized carbons (Fsp3) is 0.286. The Kier molecular flexibility index (Phi) is 3.65. The topological polar surface area (TPSA) is 70.0 Å². The van der Waals surface area contributed by atoms with Gasteiger partial charge >= 0.3 is 0 Å². The fourth-order valence-corrected chi connectivity index (χ4v) is 2.03. The second-order valence-electron chi connectivity index (χ2n) is 4.71. The quantitative estimate of drug-likeness (QED) is 0.578. The van der Waals surface area contributed by atoms with E-state index in [0.29, 0.717) is 5.56 Å². The average molecular weight is 273 g/mol. The molecule has 0 fully saturated rings. The number of amides is 2. The molecule has 0 aromatic heterocycles. The largest absolute Gasteiger partial charge is 0.348 e. The number of carbonyl (C=O) groups is 3. The number of nitrogens with zero attached hydrogens (tertiary/aromatic N) is 3. The van der Waals surface area contributed by atoms with Crippen LogP contribution in [0.5, 0.6) is 0 Å². The molecule has 0 aliphatic carbocycles. The second-order valence-corrected chi connectivity index (χ2v) is 4.71. The summed E-state index contributed by atoms with van der Waals surface area (Å²) in [6.07, 6.45) is 0. The van der Waals surface area contributed by atoms with Gasteiger partial charge in [-0.25, -0.2) is 0 Å². The summed E-state index contributed by atoms with van der Waals surface area (Å²) in [5.41, 5.74) is 0.330. The molecule has 0 spiro atoms. The summed E-state index contributed by atoms with van der Waals surface area (Å²) in [7, 11) is 4.85. The van der Waals surface area contributed by atoms with E-state index < -0.39 is 23.5 Å². The van der Waals surface area contributed by atoms with Crippen molar-refractivity contribution in [2.24, 2.45) is 10.9 Å². The number of Topliss-reactive ketones (excluding diaryl/α,β-unsaturated/α-hetero) is 1. The maximum atomic E-state index is 12.3. The maximum absolute atomic E-state index is 12.3. The van der Waals surface area contributed by atoms with Gasteiger partial charge in [-0.2, -0.15) is 4.99 Å². The predicted octanol–water partition coefficient (Wildman–Crippen LogP) is 0.402. The number of hydrogen-bond acceptors (Lipinski definition) is 4. The van der Waals surface area contributed by atoms with Gasteiger partial charge in [-0.3, -0.25) is 19.3 Å². The zero-order valence-corrected chi connectivity index (χ0v) is 11.5. The van der Waals surface area contributed by atoms with Crippen molar-refractivity contribution in [1.29, 1.82) is 0 Å². The molecule has 0 bridgehead atoms. The van der Waals surface area contributed by atoms with Crippen LogP contribution >= 0.6 is 0 Å². The molecule has 0 N–H and O–H groups in total. The first-order chi connectivity index (χ1) is 9.43. The van der Waals surface area contributed by atoms with Crippen LogP contribution in [0.3, 0.4) is 0 Å². The molecular weight excluding hydrogens is 258 g/mol. The lowest BCUT2D eigenvalue weighted by molar-refractivity contribution is -0.136. The Morgan fingerprint density at radius 2 is 1.80 bits per heavy atom. The molecule has 1 aliphatic rings. The molecular formula is C14H15N3O3. The minimum atomic E-state index is -1.38. The second kappa shape index (κ2) is 5.24. The van der Waals surface area contributed by atoms with Crippen LogP contribution in [0.15, 0.2) is 35.3 Å². The van der Waals surface area contributed by atoms with Crippen LogP contribution in [-0.4, -0.2) is 54.5 Å². The third-order valence-corrected chi connectivity index (χ3v) is 3.06. The number of hydrogen-bond donors (Lipinski definition) is 0. The molecule has 6 nitrogen and oxygen atoms in total. The Bertz CT molecular complexity index is 593. The van der Waals surface area contributed by atoms with Crippen molar-refractivity contribution in [2.75, 3.05) is 21.1 Å². The van der Waals surface area contributed by atoms with Gasteiger partial charge in [0.05, 0.1) is 0 Å². The number of carbonyl (C=O) groups excluding carboxylic acids is 3. The first-order valence-electron chi connectivity index (χ1n) is 6.10. The molecule has 1 heterocycles. The SMILES string of the molecule is CN(C)C1=NC(=O)C(C(=O)c2ccccc2)C(=O)N1C. The third kappa shape index (κ3) is 2.32. The number of ketones is 1. The normalized spacial score (nSPS) is 18.9. The van der Waals surface area contributed by atoms with Gasteiger partial charge in [-0.15, -0.1) is 0 Å². The van der Waals surface area contributed by atoms with Crippen LogP contribution in [0.4, 0.5) is 0 Å². The first kappa shape index (κ1) is 13.9. The van der Waals surface area contributed by atoms with E-state index in [1.807, 2.05) is 0 Å². The van der Waals surface area contributed by atoms with Gasteiger partial charge < -0.3 is 4.90 Å². The lowest BCUT2D eigenvalue weighted by Crippen LogP contribution is -2.52. The monoisotopic (exact) mass is 273 g/mol. The summed E-state index contributed by atoms with van der Waals surface area (Å²) >= 11 is 0. The molecule has 104 valence electrons. The van der Waals surface area contributed by atoms with Crippen molar-refractivity contribution < 1.29 is 14.4 Å². The molecule has 20 heavy (non-hydrogen) atoms. The highest BCUT2D eigenvalue weighted by Crippen LogP contribution is 2.18. The predicted molar refractivity (Wildman–Crippen MR) is 73.2 cm³/mol. The molecule has 0 saturated heterocycles. The van der Waals surface area contributed by atoms with Gasteiger partial charge in [0, 0.05) is 26.7 Å². The fourth-order valence-electron chi connectivity index (χ4n) is 2.03. The molecule has 1 aromatic rings. The van der Waals surface area contributed by atoms with Gasteiger partial charge in [-0.1, -0.05) is 30.3 Å². The summed E-state index contributed by atoms with van der Waals surface area (Å²) in [4.78, 5) is 43.1. The molecule has 0 saturated carbocycles. The van der Waals surface area contributed by atoms with Crippen molar-refractivity contribution >= 4 is 23.6 Å². The van der Waals surface area contributed by atoms with Crippen LogP contribution in [0.2, 0.25) is 0 Å². The van der Waals surface area contributed by atoms with Crippen molar-refractivity contribution in [3.8, 4) is 0 Å². The summed E-state index contributed by atoms with van der Waals surface area (Å²) in [6, 6.07) is 8.28. The van der Waals surface area contributed by atoms with Crippen LogP contribution < -0.4 is 0 Å². The molecule has 1 aromatic carbocycles. The minimum Gasteiger partial charge on any atom is -0.348 e. The van der Waals surface area contributed by atoms with E-state index in [9.17, 15) is 14.4 Å². The Morgan fingerprint density at radius 1 is 1.20 bits per heavy atom. The van der Waals surface area contributed by atoms with Crippen molar-refractivity contribution in [2.45, 2.75) is 0 Å². The summed E-state index contributed by atoms with van der Waals surface area (Å²) in [5.74, 6) is -2.94. The highest BCUT2D eigenvalue weighted by atomic mass is 16.2. The minimum absolute atomic E-state index is 0.233. The lowest BCUT2D eigenvalue weighted by Gasteiger charge is -2.30. The first-order valence-corrected chi connectivity index (χ1v) is 6.10. The highest BCUT2D eigenvalue weighted by Gasteiger charge is 2.41. The van der Waals surface area contributed by atoms with Crippen LogP contribution in [-0.2, 0) is 9.59 Å². The van der Waals surface area contributed by atoms with Gasteiger partial charge in [0.2, 0.25) is 11.9 Å². The standard InChI is InChI=1S/C14H15N3O3/c1-16(2)14-15-12(19)10(13(20)17(14)3)11(18)9-7-5-4-6-8-9/h4-8,10H,1-3H3. The van der Waals surface area contributed by atoms with E-state index in [-0.39, 0.29) is 5.96 Å². The Morgan fingerprint density at radius 3 is 2.35 bits per heavy atom. The van der Waals surface area contributed by atoms with Gasteiger partial charge in [0.25, 0.3) is 5.91 Å². The Hall–Kier alpha value is -2.50. The zero-order chi connectivity index (χ0) is 14.9. The highest BCUT2D eigenvalue weighted by molar-refractivity contribution is 6.28. The van der Waals surface area contributed by atoms with E-state index >= 15 is 0 Å². The van der Waals surface area contributed by atoms with E-state index in [4.69, 9.17) is 0 Å². The van der Waals surface area contributed by atoms with Crippen molar-refractivity contribution in [1.82, 2.24) is 9.80 Å². The van der Waals surface area contributed by atoms with Crippen LogP contribution in [0, 0.1) is 5.92 Å². The van der Waals surface area contributed by atoms with E-state index in [0.717, 1.165) is 0 Å². The summed E-state index contributed by atoms with van der Waals surface area (Å²) < 4.78 is 0. The Labute approximate surface area is 116 Å². The molecule has 2 amide bonds. The zero-order valence-electron chi connectivity index (χ0n) is 11.5. The number of aliphatic imine (C=N–C) groups is 1. The molecule has 1 aliphatic heterocycles. The summed E-state index contributed by atoms with van der Waals surface area (Å²) in [6.45, 7) is 0. The number of guanidine groups is 1. The molecule has 6 heteroatoms. The van der Waals surface area contributed by atoms with Gasteiger partial charge in [0.15, 0.2) is 11.7 Å². The number of rotatable bonds is 2. The van der Waals surface area contributed by atoms with Gasteiger partial charge in [-0.05, 0) is 0 Å². The van der Waals surface area contributed by atoms with Crippen LogP contribution in [0.25, 0.3) is 0 Å². The molecule has 1 atom stereocenters.